The number of nitrogens with one attached hydrogen (secondary N) is 1. The zero-order chi connectivity index (χ0) is 15.5. The van der Waals surface area contributed by atoms with Crippen molar-refractivity contribution < 1.29 is 8.42 Å². The van der Waals surface area contributed by atoms with Crippen molar-refractivity contribution >= 4 is 16.2 Å². The van der Waals surface area contributed by atoms with Gasteiger partial charge in [0.05, 0.1) is 11.1 Å². The van der Waals surface area contributed by atoms with Gasteiger partial charge in [-0.3, -0.25) is 4.98 Å². The van der Waals surface area contributed by atoms with Crippen LogP contribution in [0.3, 0.4) is 0 Å². The summed E-state index contributed by atoms with van der Waals surface area (Å²) in [7, 11) is -3.68. The third-order valence-electron chi connectivity index (χ3n) is 2.94. The van der Waals surface area contributed by atoms with Crippen LogP contribution in [0.15, 0.2) is 46.7 Å². The Morgan fingerprint density at radius 1 is 1.19 bits per heavy atom. The van der Waals surface area contributed by atoms with Gasteiger partial charge in [-0.05, 0) is 38.0 Å². The molecule has 21 heavy (non-hydrogen) atoms. The lowest BCUT2D eigenvalue weighted by molar-refractivity contribution is 0.583. The van der Waals surface area contributed by atoms with E-state index in [2.05, 4.69) is 14.9 Å². The number of sulfonamides is 1. The predicted octanol–water partition coefficient (Wildman–Crippen LogP) is 2.32. The molecule has 0 spiro atoms. The zero-order valence-corrected chi connectivity index (χ0v) is 13.0. The van der Waals surface area contributed by atoms with Crippen molar-refractivity contribution in [2.45, 2.75) is 25.7 Å². The van der Waals surface area contributed by atoms with Crippen molar-refractivity contribution in [3.8, 4) is 0 Å². The number of benzene rings is 1. The van der Waals surface area contributed by atoms with E-state index in [4.69, 9.17) is 0 Å². The SMILES string of the molecule is Cc1cc(C)c(S(=O)(=O)N/N=C/c2cccnc2)c(C)c1. The van der Waals surface area contributed by atoms with Gasteiger partial charge < -0.3 is 0 Å². The standard InChI is InChI=1S/C15H17N3O2S/c1-11-7-12(2)15(13(3)8-11)21(19,20)18-17-10-14-5-4-6-16-9-14/h4-10,18H,1-3H3/b17-10+. The second-order valence-electron chi connectivity index (χ2n) is 4.87. The number of aryl methyl sites for hydroxylation is 3. The minimum atomic E-state index is -3.68. The van der Waals surface area contributed by atoms with Crippen molar-refractivity contribution in [3.63, 3.8) is 0 Å². The summed E-state index contributed by atoms with van der Waals surface area (Å²) >= 11 is 0. The van der Waals surface area contributed by atoms with Gasteiger partial charge in [-0.2, -0.15) is 13.5 Å². The molecule has 1 aromatic carbocycles. The topological polar surface area (TPSA) is 71.4 Å². The lowest BCUT2D eigenvalue weighted by atomic mass is 10.1. The first-order valence-electron chi connectivity index (χ1n) is 6.43. The second kappa shape index (κ2) is 6.05. The Labute approximate surface area is 124 Å². The van der Waals surface area contributed by atoms with E-state index in [-0.39, 0.29) is 4.90 Å². The molecule has 0 aliphatic carbocycles. The Kier molecular flexibility index (Phi) is 4.37. The summed E-state index contributed by atoms with van der Waals surface area (Å²) in [6, 6.07) is 7.22. The lowest BCUT2D eigenvalue weighted by Gasteiger charge is -2.11. The average Bonchev–Trinajstić information content (AvgIpc) is 2.38. The van der Waals surface area contributed by atoms with Gasteiger partial charge in [-0.15, -0.1) is 0 Å². The molecular weight excluding hydrogens is 286 g/mol. The predicted molar refractivity (Wildman–Crippen MR) is 82.8 cm³/mol. The van der Waals surface area contributed by atoms with Crippen molar-refractivity contribution in [3.05, 3.63) is 58.9 Å². The molecule has 0 aliphatic rings. The molecule has 1 aromatic heterocycles. The molecule has 1 N–H and O–H groups in total. The molecule has 0 aliphatic heterocycles. The molecule has 0 saturated carbocycles. The minimum absolute atomic E-state index is 0.274. The lowest BCUT2D eigenvalue weighted by Crippen LogP contribution is -2.20. The largest absolute Gasteiger partial charge is 0.277 e. The highest BCUT2D eigenvalue weighted by molar-refractivity contribution is 7.89. The van der Waals surface area contributed by atoms with Gasteiger partial charge in [0.2, 0.25) is 0 Å². The molecular formula is C15H17N3O2S. The van der Waals surface area contributed by atoms with E-state index in [1.54, 1.807) is 38.4 Å². The van der Waals surface area contributed by atoms with Gasteiger partial charge in [0.1, 0.15) is 0 Å². The number of hydrogen-bond acceptors (Lipinski definition) is 4. The van der Waals surface area contributed by atoms with E-state index in [0.717, 1.165) is 11.1 Å². The van der Waals surface area contributed by atoms with E-state index in [9.17, 15) is 8.42 Å². The Hall–Kier alpha value is -2.21. The maximum Gasteiger partial charge on any atom is 0.277 e. The highest BCUT2D eigenvalue weighted by Crippen LogP contribution is 2.21. The normalized spacial score (nSPS) is 11.8. The summed E-state index contributed by atoms with van der Waals surface area (Å²) < 4.78 is 24.7. The van der Waals surface area contributed by atoms with E-state index >= 15 is 0 Å². The summed E-state index contributed by atoms with van der Waals surface area (Å²) in [5, 5.41) is 3.79. The quantitative estimate of drug-likeness (QED) is 0.696. The molecule has 5 nitrogen and oxygen atoms in total. The van der Waals surface area contributed by atoms with Gasteiger partial charge in [0.25, 0.3) is 10.0 Å². The molecule has 0 saturated heterocycles. The fraction of sp³-hybridized carbons (Fsp3) is 0.200. The molecule has 0 unspecified atom stereocenters. The van der Waals surface area contributed by atoms with Crippen molar-refractivity contribution in [1.29, 1.82) is 0 Å². The van der Waals surface area contributed by atoms with Gasteiger partial charge in [-0.25, -0.2) is 4.83 Å². The van der Waals surface area contributed by atoms with E-state index < -0.39 is 10.0 Å². The van der Waals surface area contributed by atoms with Crippen LogP contribution in [0.2, 0.25) is 0 Å². The number of hydrazone groups is 1. The van der Waals surface area contributed by atoms with Crippen LogP contribution in [0.1, 0.15) is 22.3 Å². The van der Waals surface area contributed by atoms with E-state index in [1.165, 1.54) is 6.21 Å². The summed E-state index contributed by atoms with van der Waals surface area (Å²) in [6.45, 7) is 5.49. The molecule has 1 heterocycles. The molecule has 0 atom stereocenters. The Morgan fingerprint density at radius 3 is 2.43 bits per heavy atom. The summed E-state index contributed by atoms with van der Waals surface area (Å²) in [4.78, 5) is 6.44. The molecule has 6 heteroatoms. The van der Waals surface area contributed by atoms with Gasteiger partial charge >= 0.3 is 0 Å². The van der Waals surface area contributed by atoms with Crippen LogP contribution < -0.4 is 4.83 Å². The summed E-state index contributed by atoms with van der Waals surface area (Å²) in [6.07, 6.45) is 4.66. The fourth-order valence-electron chi connectivity index (χ4n) is 2.26. The third-order valence-corrected chi connectivity index (χ3v) is 4.47. The van der Waals surface area contributed by atoms with Crippen LogP contribution >= 0.6 is 0 Å². The Bertz CT molecular complexity index is 746. The maximum absolute atomic E-state index is 12.3. The van der Waals surface area contributed by atoms with Gasteiger partial charge in [0, 0.05) is 18.0 Å². The molecule has 0 amide bonds. The first kappa shape index (κ1) is 15.2. The molecule has 0 radical (unpaired) electrons. The summed E-state index contributed by atoms with van der Waals surface area (Å²) in [5.74, 6) is 0. The smallest absolute Gasteiger partial charge is 0.264 e. The van der Waals surface area contributed by atoms with Crippen molar-refractivity contribution in [2.75, 3.05) is 0 Å². The van der Waals surface area contributed by atoms with Crippen LogP contribution in [0.5, 0.6) is 0 Å². The van der Waals surface area contributed by atoms with Crippen molar-refractivity contribution in [2.24, 2.45) is 5.10 Å². The number of rotatable bonds is 4. The van der Waals surface area contributed by atoms with Crippen LogP contribution in [0.25, 0.3) is 0 Å². The first-order chi connectivity index (χ1) is 9.90. The Balaban J connectivity index is 2.26. The monoisotopic (exact) mass is 303 g/mol. The number of nitrogens with zero attached hydrogens (tertiary/aromatic N) is 2. The molecule has 110 valence electrons. The van der Waals surface area contributed by atoms with Crippen LogP contribution in [0, 0.1) is 20.8 Å². The van der Waals surface area contributed by atoms with E-state index in [1.807, 2.05) is 19.1 Å². The minimum Gasteiger partial charge on any atom is -0.264 e. The number of pyridine rings is 1. The summed E-state index contributed by atoms with van der Waals surface area (Å²) in [5.41, 5.74) is 3.16. The van der Waals surface area contributed by atoms with Crippen LogP contribution in [0.4, 0.5) is 0 Å². The molecule has 2 rings (SSSR count). The molecule has 0 bridgehead atoms. The van der Waals surface area contributed by atoms with Crippen molar-refractivity contribution in [1.82, 2.24) is 9.82 Å². The molecule has 0 fully saturated rings. The second-order valence-corrected chi connectivity index (χ2v) is 6.46. The maximum atomic E-state index is 12.3. The molecule has 2 aromatic rings. The third kappa shape index (κ3) is 3.66. The number of hydrogen-bond donors (Lipinski definition) is 1. The highest BCUT2D eigenvalue weighted by atomic mass is 32.2. The zero-order valence-electron chi connectivity index (χ0n) is 12.2. The van der Waals surface area contributed by atoms with E-state index in [0.29, 0.717) is 11.1 Å². The van der Waals surface area contributed by atoms with Gasteiger partial charge in [-0.1, -0.05) is 23.8 Å². The Morgan fingerprint density at radius 2 is 1.86 bits per heavy atom. The van der Waals surface area contributed by atoms with Gasteiger partial charge in [0.15, 0.2) is 0 Å². The fourth-order valence-corrected chi connectivity index (χ4v) is 3.51. The van der Waals surface area contributed by atoms with Crippen LogP contribution in [-0.2, 0) is 10.0 Å². The van der Waals surface area contributed by atoms with Crippen LogP contribution in [-0.4, -0.2) is 19.6 Å². The average molecular weight is 303 g/mol. The highest BCUT2D eigenvalue weighted by Gasteiger charge is 2.18. The first-order valence-corrected chi connectivity index (χ1v) is 7.91. The number of aromatic nitrogens is 1.